The molecule has 1 aliphatic heterocycles. The summed E-state index contributed by atoms with van der Waals surface area (Å²) in [5, 5.41) is 2.95. The van der Waals surface area contributed by atoms with Crippen molar-refractivity contribution in [1.82, 2.24) is 20.1 Å². The molecule has 1 fully saturated rings. The summed E-state index contributed by atoms with van der Waals surface area (Å²) in [6.07, 6.45) is 1.27. The molecule has 1 saturated heterocycles. The summed E-state index contributed by atoms with van der Waals surface area (Å²) in [6, 6.07) is 12.4. The highest BCUT2D eigenvalue weighted by atomic mass is 16.6. The van der Waals surface area contributed by atoms with E-state index in [0.29, 0.717) is 13.1 Å². The summed E-state index contributed by atoms with van der Waals surface area (Å²) in [5.41, 5.74) is 2.14. The minimum absolute atomic E-state index is 0.0855. The van der Waals surface area contributed by atoms with E-state index in [1.54, 1.807) is 31.9 Å². The fourth-order valence-corrected chi connectivity index (χ4v) is 4.07. The molecule has 2 heterocycles. The Bertz CT molecular complexity index is 1030. The molecule has 0 radical (unpaired) electrons. The van der Waals surface area contributed by atoms with E-state index in [-0.39, 0.29) is 30.3 Å². The Morgan fingerprint density at radius 1 is 1.09 bits per heavy atom. The van der Waals surface area contributed by atoms with E-state index in [9.17, 15) is 14.4 Å². The van der Waals surface area contributed by atoms with E-state index in [0.717, 1.165) is 16.8 Å². The average Bonchev–Trinajstić information content (AvgIpc) is 2.81. The summed E-state index contributed by atoms with van der Waals surface area (Å²) in [7, 11) is 0. The Balaban J connectivity index is 1.72. The summed E-state index contributed by atoms with van der Waals surface area (Å²) >= 11 is 0. The smallest absolute Gasteiger partial charge is 0.410 e. The lowest BCUT2D eigenvalue weighted by atomic mass is 10.0. The second kappa shape index (κ2) is 10.9. The van der Waals surface area contributed by atoms with Crippen LogP contribution in [0.5, 0.6) is 0 Å². The molecule has 35 heavy (non-hydrogen) atoms. The second-order valence-corrected chi connectivity index (χ2v) is 10.3. The van der Waals surface area contributed by atoms with Crippen LogP contribution in [0, 0.1) is 5.92 Å². The van der Waals surface area contributed by atoms with E-state index in [1.807, 2.05) is 63.2 Å². The van der Waals surface area contributed by atoms with Gasteiger partial charge in [0, 0.05) is 36.8 Å². The zero-order valence-electron chi connectivity index (χ0n) is 21.4. The normalized spacial score (nSPS) is 18.4. The van der Waals surface area contributed by atoms with Crippen LogP contribution in [0.1, 0.15) is 47.1 Å². The van der Waals surface area contributed by atoms with E-state index in [1.165, 1.54) is 4.90 Å². The number of nitrogens with one attached hydrogen (secondary N) is 1. The number of carbonyl (C=O) groups is 3. The standard InChI is InChI=1S/C27H36N4O4/c1-18(2)25(33)31-19(3)16-30(26(34)35-27(4,5)6)17-23(31)24(32)29-15-20-10-12-21(13-11-20)22-9-7-8-14-28-22/h7-14,18-19,23H,15-17H2,1-6H3,(H,29,32)/t19-,23-/m1/s1. The molecule has 2 atom stereocenters. The molecule has 0 spiro atoms. The fraction of sp³-hybridized carbons (Fsp3) is 0.481. The van der Waals surface area contributed by atoms with Gasteiger partial charge >= 0.3 is 6.09 Å². The first-order valence-electron chi connectivity index (χ1n) is 12.0. The average molecular weight is 481 g/mol. The van der Waals surface area contributed by atoms with Crippen LogP contribution in [0.25, 0.3) is 11.3 Å². The predicted octanol–water partition coefficient (Wildman–Crippen LogP) is 3.86. The van der Waals surface area contributed by atoms with Gasteiger partial charge in [-0.25, -0.2) is 4.79 Å². The van der Waals surface area contributed by atoms with Gasteiger partial charge in [0.15, 0.2) is 0 Å². The molecule has 1 aromatic heterocycles. The van der Waals surface area contributed by atoms with Crippen molar-refractivity contribution in [1.29, 1.82) is 0 Å². The Hall–Kier alpha value is -3.42. The maximum atomic E-state index is 13.3. The van der Waals surface area contributed by atoms with Gasteiger partial charge in [0.2, 0.25) is 11.8 Å². The number of amides is 3. The number of carbonyl (C=O) groups excluding carboxylic acids is 3. The third kappa shape index (κ3) is 6.81. The van der Waals surface area contributed by atoms with Crippen LogP contribution in [0.3, 0.4) is 0 Å². The lowest BCUT2D eigenvalue weighted by Crippen LogP contribution is -2.65. The van der Waals surface area contributed by atoms with Crippen LogP contribution in [-0.2, 0) is 20.9 Å². The van der Waals surface area contributed by atoms with E-state index in [4.69, 9.17) is 4.74 Å². The maximum Gasteiger partial charge on any atom is 0.410 e. The van der Waals surface area contributed by atoms with E-state index < -0.39 is 17.7 Å². The molecule has 0 unspecified atom stereocenters. The predicted molar refractivity (Wildman–Crippen MR) is 134 cm³/mol. The summed E-state index contributed by atoms with van der Waals surface area (Å²) in [6.45, 7) is 11.6. The maximum absolute atomic E-state index is 13.3. The lowest BCUT2D eigenvalue weighted by molar-refractivity contribution is -0.149. The third-order valence-electron chi connectivity index (χ3n) is 5.77. The van der Waals surface area contributed by atoms with Gasteiger partial charge in [-0.15, -0.1) is 0 Å². The van der Waals surface area contributed by atoms with Gasteiger partial charge in [-0.1, -0.05) is 44.2 Å². The molecule has 1 N–H and O–H groups in total. The van der Waals surface area contributed by atoms with Crippen LogP contribution >= 0.6 is 0 Å². The number of benzene rings is 1. The van der Waals surface area contributed by atoms with Crippen molar-refractivity contribution < 1.29 is 19.1 Å². The van der Waals surface area contributed by atoms with Crippen LogP contribution in [0.15, 0.2) is 48.7 Å². The molecule has 8 heteroatoms. The topological polar surface area (TPSA) is 91.8 Å². The number of rotatable bonds is 5. The Morgan fingerprint density at radius 2 is 1.77 bits per heavy atom. The zero-order valence-corrected chi connectivity index (χ0v) is 21.4. The molecule has 1 aliphatic rings. The van der Waals surface area contributed by atoms with Crippen molar-refractivity contribution in [2.24, 2.45) is 5.92 Å². The Kier molecular flexibility index (Phi) is 8.14. The molecule has 0 aliphatic carbocycles. The quantitative estimate of drug-likeness (QED) is 0.702. The van der Waals surface area contributed by atoms with Crippen molar-refractivity contribution in [3.05, 3.63) is 54.2 Å². The lowest BCUT2D eigenvalue weighted by Gasteiger charge is -2.45. The van der Waals surface area contributed by atoms with Crippen molar-refractivity contribution in [3.8, 4) is 11.3 Å². The molecule has 3 amide bonds. The number of nitrogens with zero attached hydrogens (tertiary/aromatic N) is 3. The summed E-state index contributed by atoms with van der Waals surface area (Å²) < 4.78 is 5.52. The van der Waals surface area contributed by atoms with Gasteiger partial charge in [0.1, 0.15) is 11.6 Å². The molecule has 3 rings (SSSR count). The SMILES string of the molecule is CC(C)C(=O)N1[C@H](C)CN(C(=O)OC(C)(C)C)C[C@@H]1C(=O)NCc1ccc(-c2ccccn2)cc1. The van der Waals surface area contributed by atoms with Gasteiger partial charge in [-0.05, 0) is 45.4 Å². The van der Waals surface area contributed by atoms with Crippen molar-refractivity contribution in [2.45, 2.75) is 65.8 Å². The fourth-order valence-electron chi connectivity index (χ4n) is 4.07. The van der Waals surface area contributed by atoms with Gasteiger partial charge in [0.25, 0.3) is 0 Å². The van der Waals surface area contributed by atoms with Gasteiger partial charge in [-0.2, -0.15) is 0 Å². The van der Waals surface area contributed by atoms with Gasteiger partial charge in [0.05, 0.1) is 12.2 Å². The molecule has 8 nitrogen and oxygen atoms in total. The first kappa shape index (κ1) is 26.2. The third-order valence-corrected chi connectivity index (χ3v) is 5.77. The first-order chi connectivity index (χ1) is 16.5. The van der Waals surface area contributed by atoms with Crippen molar-refractivity contribution in [2.75, 3.05) is 13.1 Å². The second-order valence-electron chi connectivity index (χ2n) is 10.3. The highest BCUT2D eigenvalue weighted by Crippen LogP contribution is 2.22. The number of pyridine rings is 1. The molecule has 0 bridgehead atoms. The molecular weight excluding hydrogens is 444 g/mol. The Morgan fingerprint density at radius 3 is 2.34 bits per heavy atom. The number of hydrogen-bond donors (Lipinski definition) is 1. The number of hydrogen-bond acceptors (Lipinski definition) is 5. The van der Waals surface area contributed by atoms with Crippen molar-refractivity contribution in [3.63, 3.8) is 0 Å². The van der Waals surface area contributed by atoms with E-state index in [2.05, 4.69) is 10.3 Å². The highest BCUT2D eigenvalue weighted by Gasteiger charge is 2.42. The summed E-state index contributed by atoms with van der Waals surface area (Å²) in [4.78, 5) is 46.5. The van der Waals surface area contributed by atoms with Crippen LogP contribution < -0.4 is 5.32 Å². The zero-order chi connectivity index (χ0) is 25.8. The number of piperazine rings is 1. The molecule has 188 valence electrons. The largest absolute Gasteiger partial charge is 0.444 e. The first-order valence-corrected chi connectivity index (χ1v) is 12.0. The monoisotopic (exact) mass is 480 g/mol. The van der Waals surface area contributed by atoms with Crippen LogP contribution in [-0.4, -0.2) is 63.5 Å². The molecule has 1 aromatic carbocycles. The molecule has 2 aromatic rings. The van der Waals surface area contributed by atoms with E-state index >= 15 is 0 Å². The van der Waals surface area contributed by atoms with Crippen molar-refractivity contribution >= 4 is 17.9 Å². The number of ether oxygens (including phenoxy) is 1. The van der Waals surface area contributed by atoms with Gasteiger partial charge < -0.3 is 19.9 Å². The molecular formula is C27H36N4O4. The minimum Gasteiger partial charge on any atom is -0.444 e. The highest BCUT2D eigenvalue weighted by molar-refractivity contribution is 5.89. The summed E-state index contributed by atoms with van der Waals surface area (Å²) in [5.74, 6) is -0.672. The minimum atomic E-state index is -0.797. The van der Waals surface area contributed by atoms with Gasteiger partial charge in [-0.3, -0.25) is 14.6 Å². The van der Waals surface area contributed by atoms with Crippen LogP contribution in [0.2, 0.25) is 0 Å². The Labute approximate surface area is 207 Å². The van der Waals surface area contributed by atoms with Crippen LogP contribution in [0.4, 0.5) is 4.79 Å². The molecule has 0 saturated carbocycles. The number of aromatic nitrogens is 1.